The summed E-state index contributed by atoms with van der Waals surface area (Å²) in [7, 11) is 0. The SMILES string of the molecule is O=c1oc2ccccc2n1CCN1CCCC[C@H]1CN1CCOCC1. The third kappa shape index (κ3) is 3.81. The second-order valence-corrected chi connectivity index (χ2v) is 7.09. The van der Waals surface area contributed by atoms with Crippen molar-refractivity contribution < 1.29 is 9.15 Å². The van der Waals surface area contributed by atoms with Gasteiger partial charge in [0.15, 0.2) is 5.58 Å². The zero-order chi connectivity index (χ0) is 17.1. The Morgan fingerprint density at radius 1 is 1.04 bits per heavy atom. The van der Waals surface area contributed by atoms with Crippen LogP contribution in [0.3, 0.4) is 0 Å². The predicted octanol–water partition coefficient (Wildman–Crippen LogP) is 1.78. The van der Waals surface area contributed by atoms with Crippen LogP contribution in [0.1, 0.15) is 19.3 Å². The van der Waals surface area contributed by atoms with Crippen molar-refractivity contribution in [3.05, 3.63) is 34.8 Å². The van der Waals surface area contributed by atoms with Crippen molar-refractivity contribution in [3.63, 3.8) is 0 Å². The molecule has 0 amide bonds. The number of fused-ring (bicyclic) bond motifs is 1. The number of hydrogen-bond acceptors (Lipinski definition) is 5. The molecule has 4 rings (SSSR count). The molecule has 6 nitrogen and oxygen atoms in total. The fraction of sp³-hybridized carbons (Fsp3) is 0.632. The summed E-state index contributed by atoms with van der Waals surface area (Å²) in [6.07, 6.45) is 3.80. The lowest BCUT2D eigenvalue weighted by atomic mass is 10.0. The maximum absolute atomic E-state index is 12.2. The van der Waals surface area contributed by atoms with E-state index in [2.05, 4.69) is 9.80 Å². The van der Waals surface area contributed by atoms with Gasteiger partial charge in [-0.2, -0.15) is 0 Å². The standard InChI is InChI=1S/C19H27N3O3/c23-19-22(17-6-1-2-7-18(17)25-19)10-9-21-8-4-3-5-16(21)15-20-11-13-24-14-12-20/h1-2,6-7,16H,3-5,8-15H2/t16-/m0/s1. The molecule has 0 bridgehead atoms. The molecule has 2 aromatic rings. The van der Waals surface area contributed by atoms with E-state index < -0.39 is 0 Å². The highest BCUT2D eigenvalue weighted by Crippen LogP contribution is 2.19. The molecule has 0 N–H and O–H groups in total. The summed E-state index contributed by atoms with van der Waals surface area (Å²) in [4.78, 5) is 17.2. The van der Waals surface area contributed by atoms with Gasteiger partial charge < -0.3 is 9.15 Å². The van der Waals surface area contributed by atoms with Crippen LogP contribution in [0.15, 0.2) is 33.5 Å². The first-order valence-electron chi connectivity index (χ1n) is 9.44. The molecule has 0 saturated carbocycles. The number of para-hydroxylation sites is 2. The molecular weight excluding hydrogens is 318 g/mol. The van der Waals surface area contributed by atoms with E-state index in [1.165, 1.54) is 19.3 Å². The minimum Gasteiger partial charge on any atom is -0.408 e. The van der Waals surface area contributed by atoms with Crippen LogP contribution in [-0.2, 0) is 11.3 Å². The van der Waals surface area contributed by atoms with Gasteiger partial charge in [-0.05, 0) is 31.5 Å². The summed E-state index contributed by atoms with van der Waals surface area (Å²) in [5.41, 5.74) is 1.57. The van der Waals surface area contributed by atoms with Crippen LogP contribution >= 0.6 is 0 Å². The lowest BCUT2D eigenvalue weighted by Gasteiger charge is -2.39. The van der Waals surface area contributed by atoms with Crippen molar-refractivity contribution in [1.29, 1.82) is 0 Å². The van der Waals surface area contributed by atoms with Gasteiger partial charge >= 0.3 is 5.76 Å². The van der Waals surface area contributed by atoms with Gasteiger partial charge in [0.05, 0.1) is 18.7 Å². The zero-order valence-electron chi connectivity index (χ0n) is 14.7. The molecule has 0 radical (unpaired) electrons. The molecule has 1 aromatic heterocycles. The normalized spacial score (nSPS) is 23.3. The van der Waals surface area contributed by atoms with Crippen LogP contribution in [0.5, 0.6) is 0 Å². The van der Waals surface area contributed by atoms with Crippen LogP contribution in [0.4, 0.5) is 0 Å². The lowest BCUT2D eigenvalue weighted by molar-refractivity contribution is 0.0162. The Hall–Kier alpha value is -1.63. The summed E-state index contributed by atoms with van der Waals surface area (Å²) < 4.78 is 12.6. The number of benzene rings is 1. The Labute approximate surface area is 147 Å². The molecule has 1 aromatic carbocycles. The van der Waals surface area contributed by atoms with Gasteiger partial charge in [-0.25, -0.2) is 4.79 Å². The topological polar surface area (TPSA) is 50.9 Å². The average Bonchev–Trinajstić information content (AvgIpc) is 2.97. The highest BCUT2D eigenvalue weighted by atomic mass is 16.5. The number of ether oxygens (including phenoxy) is 1. The van der Waals surface area contributed by atoms with E-state index in [1.807, 2.05) is 24.3 Å². The smallest absolute Gasteiger partial charge is 0.408 e. The molecule has 2 saturated heterocycles. The number of oxazole rings is 1. The van der Waals surface area contributed by atoms with Crippen molar-refractivity contribution in [2.24, 2.45) is 0 Å². The second-order valence-electron chi connectivity index (χ2n) is 7.09. The molecule has 0 unspecified atom stereocenters. The molecule has 0 aliphatic carbocycles. The van der Waals surface area contributed by atoms with Gasteiger partial charge in [0.2, 0.25) is 0 Å². The summed E-state index contributed by atoms with van der Waals surface area (Å²) in [6, 6.07) is 8.26. The van der Waals surface area contributed by atoms with E-state index in [0.717, 1.165) is 51.5 Å². The highest BCUT2D eigenvalue weighted by molar-refractivity contribution is 5.72. The van der Waals surface area contributed by atoms with Crippen LogP contribution < -0.4 is 5.76 Å². The minimum absolute atomic E-state index is 0.247. The van der Waals surface area contributed by atoms with E-state index >= 15 is 0 Å². The molecule has 6 heteroatoms. The monoisotopic (exact) mass is 345 g/mol. The summed E-state index contributed by atoms with van der Waals surface area (Å²) in [5.74, 6) is -0.247. The molecule has 136 valence electrons. The van der Waals surface area contributed by atoms with Crippen LogP contribution in [0, 0.1) is 0 Å². The molecule has 0 spiro atoms. The number of aromatic nitrogens is 1. The highest BCUT2D eigenvalue weighted by Gasteiger charge is 2.25. The predicted molar refractivity (Wildman–Crippen MR) is 96.9 cm³/mol. The molecule has 2 fully saturated rings. The van der Waals surface area contributed by atoms with Gasteiger partial charge in [-0.1, -0.05) is 18.6 Å². The molecule has 3 heterocycles. The van der Waals surface area contributed by atoms with E-state index in [9.17, 15) is 4.79 Å². The van der Waals surface area contributed by atoms with Gasteiger partial charge in [0, 0.05) is 38.8 Å². The van der Waals surface area contributed by atoms with Crippen molar-refractivity contribution in [2.45, 2.75) is 31.8 Å². The van der Waals surface area contributed by atoms with Crippen LogP contribution in [0.2, 0.25) is 0 Å². The summed E-state index contributed by atoms with van der Waals surface area (Å²) in [5, 5.41) is 0. The molecule has 2 aliphatic heterocycles. The molecule has 25 heavy (non-hydrogen) atoms. The molecule has 1 atom stereocenters. The first-order chi connectivity index (χ1) is 12.3. The number of rotatable bonds is 5. The Balaban J connectivity index is 1.42. The number of nitrogens with zero attached hydrogens (tertiary/aromatic N) is 3. The van der Waals surface area contributed by atoms with Gasteiger partial charge in [0.1, 0.15) is 0 Å². The third-order valence-corrected chi connectivity index (χ3v) is 5.51. The lowest BCUT2D eigenvalue weighted by Crippen LogP contribution is -2.50. The largest absolute Gasteiger partial charge is 0.419 e. The number of likely N-dealkylation sites (tertiary alicyclic amines) is 1. The van der Waals surface area contributed by atoms with Crippen molar-refractivity contribution in [1.82, 2.24) is 14.4 Å². The van der Waals surface area contributed by atoms with E-state index in [0.29, 0.717) is 18.2 Å². The summed E-state index contributed by atoms with van der Waals surface area (Å²) in [6.45, 7) is 7.61. The Morgan fingerprint density at radius 3 is 2.76 bits per heavy atom. The number of morpholine rings is 1. The van der Waals surface area contributed by atoms with Crippen LogP contribution in [-0.4, -0.2) is 66.3 Å². The fourth-order valence-corrected chi connectivity index (χ4v) is 4.10. The second kappa shape index (κ2) is 7.72. The maximum atomic E-state index is 12.2. The van der Waals surface area contributed by atoms with Gasteiger partial charge in [-0.3, -0.25) is 14.4 Å². The quantitative estimate of drug-likeness (QED) is 0.827. The molecular formula is C19H27N3O3. The summed E-state index contributed by atoms with van der Waals surface area (Å²) >= 11 is 0. The Morgan fingerprint density at radius 2 is 1.88 bits per heavy atom. The Kier molecular flexibility index (Phi) is 5.20. The van der Waals surface area contributed by atoms with E-state index in [1.54, 1.807) is 4.57 Å². The van der Waals surface area contributed by atoms with E-state index in [-0.39, 0.29) is 5.76 Å². The first-order valence-corrected chi connectivity index (χ1v) is 9.44. The van der Waals surface area contributed by atoms with Gasteiger partial charge in [-0.15, -0.1) is 0 Å². The number of hydrogen-bond donors (Lipinski definition) is 0. The fourth-order valence-electron chi connectivity index (χ4n) is 4.10. The zero-order valence-corrected chi connectivity index (χ0v) is 14.7. The average molecular weight is 345 g/mol. The van der Waals surface area contributed by atoms with Crippen LogP contribution in [0.25, 0.3) is 11.1 Å². The Bertz CT molecular complexity index is 748. The number of piperidine rings is 1. The van der Waals surface area contributed by atoms with Crippen molar-refractivity contribution >= 4 is 11.1 Å². The van der Waals surface area contributed by atoms with Crippen molar-refractivity contribution in [2.75, 3.05) is 45.9 Å². The van der Waals surface area contributed by atoms with Crippen molar-refractivity contribution in [3.8, 4) is 0 Å². The third-order valence-electron chi connectivity index (χ3n) is 5.51. The minimum atomic E-state index is -0.247. The van der Waals surface area contributed by atoms with E-state index in [4.69, 9.17) is 9.15 Å². The molecule has 2 aliphatic rings. The maximum Gasteiger partial charge on any atom is 0.419 e. The van der Waals surface area contributed by atoms with Gasteiger partial charge in [0.25, 0.3) is 0 Å². The first kappa shape index (κ1) is 16.8.